The molecule has 6 nitrogen and oxygen atoms in total. The van der Waals surface area contributed by atoms with Gasteiger partial charge in [0.2, 0.25) is 11.0 Å². The van der Waals surface area contributed by atoms with Gasteiger partial charge in [0.25, 0.3) is 5.91 Å². The van der Waals surface area contributed by atoms with Gasteiger partial charge in [0, 0.05) is 32.6 Å². The van der Waals surface area contributed by atoms with E-state index < -0.39 is 17.9 Å². The fraction of sp³-hybridized carbons (Fsp3) is 0.0833. The summed E-state index contributed by atoms with van der Waals surface area (Å²) in [5, 5.41) is 15.9. The fourth-order valence-electron chi connectivity index (χ4n) is 3.16. The van der Waals surface area contributed by atoms with Crippen LogP contribution in [0, 0.1) is 0 Å². The van der Waals surface area contributed by atoms with Crippen LogP contribution in [0.5, 0.6) is 0 Å². The van der Waals surface area contributed by atoms with E-state index in [-0.39, 0.29) is 12.0 Å². The van der Waals surface area contributed by atoms with Gasteiger partial charge < -0.3 is 5.32 Å². The predicted molar refractivity (Wildman–Crippen MR) is 137 cm³/mol. The molecule has 172 valence electrons. The molecule has 1 atom stereocenters. The standard InChI is InChI=1S/C24H17Cl3N4O2S/c25-17-8-6-15(7-9-17)23-30-31-24(34-23)29-22(33)20(10-14-4-2-1-3-5-14)28-21(32)16-11-18(26)13-19(27)12-16/h1-9,11-13,20H,10H2,(H,28,32)(H,29,31,33). The summed E-state index contributed by atoms with van der Waals surface area (Å²) in [7, 11) is 0. The number of carbonyl (C=O) groups excluding carboxylic acids is 2. The number of rotatable bonds is 7. The Kier molecular flexibility index (Phi) is 7.80. The number of anilines is 1. The van der Waals surface area contributed by atoms with Crippen molar-refractivity contribution in [1.29, 1.82) is 0 Å². The molecule has 2 N–H and O–H groups in total. The highest BCUT2D eigenvalue weighted by Crippen LogP contribution is 2.27. The molecule has 4 aromatic rings. The van der Waals surface area contributed by atoms with Crippen molar-refractivity contribution in [1.82, 2.24) is 15.5 Å². The minimum absolute atomic E-state index is 0.254. The Labute approximate surface area is 214 Å². The van der Waals surface area contributed by atoms with E-state index in [0.29, 0.717) is 25.2 Å². The first kappa shape index (κ1) is 24.2. The molecular weight excluding hydrogens is 515 g/mol. The molecular formula is C24H17Cl3N4O2S. The molecule has 0 aliphatic carbocycles. The lowest BCUT2D eigenvalue weighted by atomic mass is 10.0. The molecule has 0 spiro atoms. The molecule has 1 aromatic heterocycles. The lowest BCUT2D eigenvalue weighted by Crippen LogP contribution is -2.45. The number of benzene rings is 3. The molecule has 1 heterocycles. The van der Waals surface area contributed by atoms with E-state index >= 15 is 0 Å². The maximum atomic E-state index is 13.2. The predicted octanol–water partition coefficient (Wildman–Crippen LogP) is 6.15. The van der Waals surface area contributed by atoms with E-state index in [9.17, 15) is 9.59 Å². The number of hydrogen-bond donors (Lipinski definition) is 2. The van der Waals surface area contributed by atoms with Crippen molar-refractivity contribution in [3.63, 3.8) is 0 Å². The number of aromatic nitrogens is 2. The van der Waals surface area contributed by atoms with E-state index in [1.165, 1.54) is 29.5 Å². The van der Waals surface area contributed by atoms with Gasteiger partial charge >= 0.3 is 0 Å². The summed E-state index contributed by atoms with van der Waals surface area (Å²) in [5.74, 6) is -0.899. The Bertz CT molecular complexity index is 1290. The molecule has 2 amide bonds. The lowest BCUT2D eigenvalue weighted by molar-refractivity contribution is -0.118. The zero-order chi connectivity index (χ0) is 24.1. The highest BCUT2D eigenvalue weighted by molar-refractivity contribution is 7.18. The maximum absolute atomic E-state index is 13.2. The van der Waals surface area contributed by atoms with Crippen molar-refractivity contribution >= 4 is 63.1 Å². The topological polar surface area (TPSA) is 84.0 Å². The summed E-state index contributed by atoms with van der Waals surface area (Å²) >= 11 is 19.2. The molecule has 3 aromatic carbocycles. The highest BCUT2D eigenvalue weighted by Gasteiger charge is 2.24. The van der Waals surface area contributed by atoms with Crippen molar-refractivity contribution in [3.8, 4) is 10.6 Å². The van der Waals surface area contributed by atoms with Crippen LogP contribution in [0.15, 0.2) is 72.8 Å². The normalized spacial score (nSPS) is 11.6. The summed E-state index contributed by atoms with van der Waals surface area (Å²) in [6.45, 7) is 0. The number of amides is 2. The number of nitrogens with one attached hydrogen (secondary N) is 2. The smallest absolute Gasteiger partial charge is 0.252 e. The van der Waals surface area contributed by atoms with Crippen molar-refractivity contribution in [3.05, 3.63) is 99.0 Å². The Morgan fingerprint density at radius 3 is 2.21 bits per heavy atom. The van der Waals surface area contributed by atoms with Crippen LogP contribution >= 0.6 is 46.1 Å². The molecule has 10 heteroatoms. The third-order valence-corrected chi connectivity index (χ3v) is 6.35. The lowest BCUT2D eigenvalue weighted by Gasteiger charge is -2.18. The Morgan fingerprint density at radius 1 is 0.853 bits per heavy atom. The molecule has 1 unspecified atom stereocenters. The van der Waals surface area contributed by atoms with Crippen LogP contribution in [-0.4, -0.2) is 28.1 Å². The average molecular weight is 532 g/mol. The minimum atomic E-state index is -0.879. The van der Waals surface area contributed by atoms with Crippen molar-refractivity contribution in [2.24, 2.45) is 0 Å². The van der Waals surface area contributed by atoms with Gasteiger partial charge in [-0.25, -0.2) is 0 Å². The summed E-state index contributed by atoms with van der Waals surface area (Å²) < 4.78 is 0. The highest BCUT2D eigenvalue weighted by atomic mass is 35.5. The fourth-order valence-corrected chi connectivity index (χ4v) is 4.56. The third kappa shape index (κ3) is 6.33. The van der Waals surface area contributed by atoms with Crippen molar-refractivity contribution in [2.45, 2.75) is 12.5 Å². The van der Waals surface area contributed by atoms with Crippen LogP contribution in [-0.2, 0) is 11.2 Å². The summed E-state index contributed by atoms with van der Waals surface area (Å²) in [5.41, 5.74) is 1.96. The molecule has 0 aliphatic heterocycles. The van der Waals surface area contributed by atoms with Crippen molar-refractivity contribution in [2.75, 3.05) is 5.32 Å². The van der Waals surface area contributed by atoms with Gasteiger partial charge in [-0.05, 0) is 35.9 Å². The first-order valence-electron chi connectivity index (χ1n) is 10.1. The molecule has 0 saturated heterocycles. The van der Waals surface area contributed by atoms with Crippen LogP contribution in [0.3, 0.4) is 0 Å². The zero-order valence-electron chi connectivity index (χ0n) is 17.5. The zero-order valence-corrected chi connectivity index (χ0v) is 20.6. The van der Waals surface area contributed by atoms with E-state index in [0.717, 1.165) is 11.1 Å². The van der Waals surface area contributed by atoms with E-state index in [2.05, 4.69) is 20.8 Å². The van der Waals surface area contributed by atoms with E-state index in [1.54, 1.807) is 12.1 Å². The van der Waals surface area contributed by atoms with E-state index in [1.807, 2.05) is 42.5 Å². The second kappa shape index (κ2) is 11.0. The number of carbonyl (C=O) groups is 2. The molecule has 0 saturated carbocycles. The van der Waals surface area contributed by atoms with E-state index in [4.69, 9.17) is 34.8 Å². The molecule has 0 aliphatic rings. The summed E-state index contributed by atoms with van der Waals surface area (Å²) in [6.07, 6.45) is 0.273. The molecule has 0 bridgehead atoms. The Hall–Kier alpha value is -2.97. The van der Waals surface area contributed by atoms with Gasteiger partial charge in [0.1, 0.15) is 11.0 Å². The van der Waals surface area contributed by atoms with Crippen LogP contribution in [0.2, 0.25) is 15.1 Å². The monoisotopic (exact) mass is 530 g/mol. The van der Waals surface area contributed by atoms with Crippen LogP contribution in [0.25, 0.3) is 10.6 Å². The molecule has 34 heavy (non-hydrogen) atoms. The van der Waals surface area contributed by atoms with Gasteiger partial charge in [-0.15, -0.1) is 10.2 Å². The third-order valence-electron chi connectivity index (χ3n) is 4.78. The molecule has 4 rings (SSSR count). The van der Waals surface area contributed by atoms with Gasteiger partial charge in [-0.1, -0.05) is 88.6 Å². The van der Waals surface area contributed by atoms with Gasteiger partial charge in [0.05, 0.1) is 0 Å². The second-order valence-electron chi connectivity index (χ2n) is 7.28. The molecule has 0 fully saturated rings. The first-order valence-corrected chi connectivity index (χ1v) is 12.0. The van der Waals surface area contributed by atoms with Crippen molar-refractivity contribution < 1.29 is 9.59 Å². The SMILES string of the molecule is O=C(NC(Cc1ccccc1)C(=O)Nc1nnc(-c2ccc(Cl)cc2)s1)c1cc(Cl)cc(Cl)c1. The van der Waals surface area contributed by atoms with Gasteiger partial charge in [-0.3, -0.25) is 14.9 Å². The summed E-state index contributed by atoms with van der Waals surface area (Å²) in [6, 6.07) is 20.2. The first-order chi connectivity index (χ1) is 16.4. The second-order valence-corrected chi connectivity index (χ2v) is 9.57. The Morgan fingerprint density at radius 2 is 1.53 bits per heavy atom. The van der Waals surface area contributed by atoms with Gasteiger partial charge in [0.15, 0.2) is 0 Å². The largest absolute Gasteiger partial charge is 0.340 e. The number of nitrogens with zero attached hydrogens (tertiary/aromatic N) is 2. The number of hydrogen-bond acceptors (Lipinski definition) is 5. The Balaban J connectivity index is 1.53. The number of halogens is 3. The summed E-state index contributed by atoms with van der Waals surface area (Å²) in [4.78, 5) is 26.0. The van der Waals surface area contributed by atoms with Gasteiger partial charge in [-0.2, -0.15) is 0 Å². The minimum Gasteiger partial charge on any atom is -0.340 e. The maximum Gasteiger partial charge on any atom is 0.252 e. The van der Waals surface area contributed by atoms with Crippen LogP contribution in [0.1, 0.15) is 15.9 Å². The molecule has 0 radical (unpaired) electrons. The quantitative estimate of drug-likeness (QED) is 0.300. The van der Waals surface area contributed by atoms with Crippen LogP contribution < -0.4 is 10.6 Å². The van der Waals surface area contributed by atoms with Crippen LogP contribution in [0.4, 0.5) is 5.13 Å². The average Bonchev–Trinajstić information content (AvgIpc) is 3.27.